The molecule has 3 N–H and O–H groups in total. The number of amides is 1. The first-order chi connectivity index (χ1) is 13.5. The van der Waals surface area contributed by atoms with Crippen LogP contribution in [0.2, 0.25) is 0 Å². The van der Waals surface area contributed by atoms with Crippen LogP contribution in [0.5, 0.6) is 11.5 Å². The third-order valence-electron chi connectivity index (χ3n) is 3.75. The van der Waals surface area contributed by atoms with E-state index in [9.17, 15) is 14.9 Å². The van der Waals surface area contributed by atoms with E-state index in [4.69, 9.17) is 15.2 Å². The quantitative estimate of drug-likeness (QED) is 0.224. The Morgan fingerprint density at radius 2 is 2.14 bits per heavy atom. The summed E-state index contributed by atoms with van der Waals surface area (Å²) in [5.74, 6) is -0.166. The number of carbonyl (C=O) groups is 1. The number of nitro groups is 1. The Kier molecular flexibility index (Phi) is 7.32. The molecular weight excluding hydrogens is 364 g/mol. The summed E-state index contributed by atoms with van der Waals surface area (Å²) in [5, 5.41) is 15.3. The van der Waals surface area contributed by atoms with Crippen LogP contribution in [-0.4, -0.2) is 30.8 Å². The molecule has 0 spiro atoms. The molecule has 2 aromatic rings. The number of hydrogen-bond donors (Lipinski definition) is 2. The van der Waals surface area contributed by atoms with Crippen molar-refractivity contribution in [2.24, 2.45) is 5.10 Å². The van der Waals surface area contributed by atoms with Gasteiger partial charge in [0.1, 0.15) is 0 Å². The number of nitro benzene ring substituents is 1. The summed E-state index contributed by atoms with van der Waals surface area (Å²) in [5.41, 5.74) is 8.93. The van der Waals surface area contributed by atoms with Crippen molar-refractivity contribution < 1.29 is 19.2 Å². The molecule has 0 aliphatic carbocycles. The van der Waals surface area contributed by atoms with Gasteiger partial charge in [-0.2, -0.15) is 5.10 Å². The highest BCUT2D eigenvalue weighted by atomic mass is 16.6. The van der Waals surface area contributed by atoms with Gasteiger partial charge < -0.3 is 15.2 Å². The van der Waals surface area contributed by atoms with Crippen molar-refractivity contribution in [2.75, 3.05) is 19.5 Å². The van der Waals surface area contributed by atoms with Gasteiger partial charge in [-0.3, -0.25) is 14.9 Å². The summed E-state index contributed by atoms with van der Waals surface area (Å²) >= 11 is 0. The number of nitrogens with two attached hydrogens (primary N) is 1. The van der Waals surface area contributed by atoms with E-state index in [1.165, 1.54) is 25.5 Å². The Morgan fingerprint density at radius 1 is 1.36 bits per heavy atom. The fourth-order valence-corrected chi connectivity index (χ4v) is 2.34. The molecule has 0 aromatic heterocycles. The van der Waals surface area contributed by atoms with Crippen LogP contribution in [0.25, 0.3) is 0 Å². The number of hydrogen-bond acceptors (Lipinski definition) is 7. The lowest BCUT2D eigenvalue weighted by atomic mass is 10.2. The van der Waals surface area contributed by atoms with Crippen LogP contribution in [0.15, 0.2) is 41.5 Å². The summed E-state index contributed by atoms with van der Waals surface area (Å²) in [7, 11) is 1.40. The molecule has 1 amide bonds. The number of ether oxygens (including phenoxy) is 2. The summed E-state index contributed by atoms with van der Waals surface area (Å²) in [6.45, 7) is 2.34. The van der Waals surface area contributed by atoms with E-state index in [1.807, 2.05) is 6.92 Å². The van der Waals surface area contributed by atoms with Crippen LogP contribution in [-0.2, 0) is 0 Å². The van der Waals surface area contributed by atoms with E-state index in [-0.39, 0.29) is 17.2 Å². The van der Waals surface area contributed by atoms with Gasteiger partial charge in [-0.05, 0) is 30.7 Å². The average molecular weight is 386 g/mol. The summed E-state index contributed by atoms with van der Waals surface area (Å²) in [6.07, 6.45) is 2.95. The molecule has 0 radical (unpaired) electrons. The molecule has 0 saturated heterocycles. The minimum atomic E-state index is -0.549. The molecule has 0 bridgehead atoms. The van der Waals surface area contributed by atoms with Crippen LogP contribution < -0.4 is 20.6 Å². The zero-order valence-corrected chi connectivity index (χ0v) is 15.7. The Balaban J connectivity index is 2.20. The monoisotopic (exact) mass is 386 g/mol. The maximum Gasteiger partial charge on any atom is 0.315 e. The van der Waals surface area contributed by atoms with Crippen molar-refractivity contribution >= 4 is 23.5 Å². The largest absolute Gasteiger partial charge is 0.493 e. The van der Waals surface area contributed by atoms with Crippen LogP contribution >= 0.6 is 0 Å². The molecule has 0 atom stereocenters. The SMILES string of the molecule is CCCCOc1c(OC)cc(/C=N\NC(=O)c2cccc(N)c2)cc1[N+](=O)[O-]. The molecule has 0 aliphatic rings. The van der Waals surface area contributed by atoms with Crippen molar-refractivity contribution in [3.05, 3.63) is 57.6 Å². The minimum Gasteiger partial charge on any atom is -0.493 e. The smallest absolute Gasteiger partial charge is 0.315 e. The molecule has 0 aliphatic heterocycles. The molecule has 0 heterocycles. The third kappa shape index (κ3) is 5.44. The number of rotatable bonds is 9. The molecule has 2 aromatic carbocycles. The van der Waals surface area contributed by atoms with Crippen LogP contribution in [0.3, 0.4) is 0 Å². The highest BCUT2D eigenvalue weighted by Crippen LogP contribution is 2.38. The number of unbranched alkanes of at least 4 members (excludes halogenated alkanes) is 1. The number of nitrogens with one attached hydrogen (secondary N) is 1. The first-order valence-corrected chi connectivity index (χ1v) is 8.64. The summed E-state index contributed by atoms with van der Waals surface area (Å²) in [4.78, 5) is 22.9. The summed E-state index contributed by atoms with van der Waals surface area (Å²) < 4.78 is 10.8. The van der Waals surface area contributed by atoms with Gasteiger partial charge in [0, 0.05) is 22.9 Å². The van der Waals surface area contributed by atoms with Gasteiger partial charge in [-0.25, -0.2) is 5.43 Å². The Bertz CT molecular complexity index is 883. The van der Waals surface area contributed by atoms with E-state index in [1.54, 1.807) is 24.3 Å². The summed E-state index contributed by atoms with van der Waals surface area (Å²) in [6, 6.07) is 9.28. The minimum absolute atomic E-state index is 0.0712. The van der Waals surface area contributed by atoms with Gasteiger partial charge in [-0.15, -0.1) is 0 Å². The Labute approximate surface area is 162 Å². The first-order valence-electron chi connectivity index (χ1n) is 8.64. The predicted octanol–water partition coefficient (Wildman–Crippen LogP) is 3.13. The average Bonchev–Trinajstić information content (AvgIpc) is 2.68. The van der Waals surface area contributed by atoms with Crippen molar-refractivity contribution in [3.8, 4) is 11.5 Å². The Morgan fingerprint density at radius 3 is 2.79 bits per heavy atom. The van der Waals surface area contributed by atoms with Gasteiger partial charge in [0.05, 0.1) is 24.9 Å². The molecule has 2 rings (SSSR count). The van der Waals surface area contributed by atoms with Crippen molar-refractivity contribution in [2.45, 2.75) is 19.8 Å². The lowest BCUT2D eigenvalue weighted by Crippen LogP contribution is -2.17. The molecule has 0 saturated carbocycles. The maximum atomic E-state index is 12.1. The molecule has 0 fully saturated rings. The second-order valence-corrected chi connectivity index (χ2v) is 5.86. The van der Waals surface area contributed by atoms with E-state index < -0.39 is 10.8 Å². The van der Waals surface area contributed by atoms with Crippen LogP contribution in [0.1, 0.15) is 35.7 Å². The number of carbonyl (C=O) groups excluding carboxylic acids is 1. The molecule has 148 valence electrons. The zero-order valence-electron chi connectivity index (χ0n) is 15.7. The Hall–Kier alpha value is -3.62. The number of nitrogens with zero attached hydrogens (tertiary/aromatic N) is 2. The van der Waals surface area contributed by atoms with Crippen LogP contribution in [0.4, 0.5) is 11.4 Å². The lowest BCUT2D eigenvalue weighted by molar-refractivity contribution is -0.386. The second kappa shape index (κ2) is 9.91. The van der Waals surface area contributed by atoms with Crippen molar-refractivity contribution in [3.63, 3.8) is 0 Å². The standard InChI is InChI=1S/C19H22N4O5/c1-3-4-8-28-18-16(23(25)26)9-13(10-17(18)27-2)12-21-22-19(24)14-6-5-7-15(20)11-14/h5-7,9-12H,3-4,8,20H2,1-2H3,(H,22,24)/b21-12-. The van der Waals surface area contributed by atoms with Gasteiger partial charge >= 0.3 is 5.69 Å². The third-order valence-corrected chi connectivity index (χ3v) is 3.75. The highest BCUT2D eigenvalue weighted by molar-refractivity contribution is 5.95. The van der Waals surface area contributed by atoms with Gasteiger partial charge in [-0.1, -0.05) is 19.4 Å². The molecule has 9 nitrogen and oxygen atoms in total. The van der Waals surface area contributed by atoms with Gasteiger partial charge in [0.2, 0.25) is 5.75 Å². The van der Waals surface area contributed by atoms with Crippen LogP contribution in [0, 0.1) is 10.1 Å². The predicted molar refractivity (Wildman–Crippen MR) is 106 cm³/mol. The normalized spacial score (nSPS) is 10.6. The lowest BCUT2D eigenvalue weighted by Gasteiger charge is -2.11. The maximum absolute atomic E-state index is 12.1. The molecule has 9 heteroatoms. The molecule has 28 heavy (non-hydrogen) atoms. The number of benzene rings is 2. The second-order valence-electron chi connectivity index (χ2n) is 5.86. The van der Waals surface area contributed by atoms with E-state index >= 15 is 0 Å². The molecule has 0 unspecified atom stereocenters. The number of methoxy groups -OCH3 is 1. The van der Waals surface area contributed by atoms with Gasteiger partial charge in [0.15, 0.2) is 5.75 Å². The molecular formula is C19H22N4O5. The number of hydrazone groups is 1. The van der Waals surface area contributed by atoms with E-state index in [2.05, 4.69) is 10.5 Å². The van der Waals surface area contributed by atoms with Gasteiger partial charge in [0.25, 0.3) is 5.91 Å². The topological polar surface area (TPSA) is 129 Å². The fourth-order valence-electron chi connectivity index (χ4n) is 2.34. The van der Waals surface area contributed by atoms with E-state index in [0.717, 1.165) is 12.8 Å². The van der Waals surface area contributed by atoms with Crippen molar-refractivity contribution in [1.29, 1.82) is 0 Å². The first kappa shape index (κ1) is 20.7. The zero-order chi connectivity index (χ0) is 20.5. The highest BCUT2D eigenvalue weighted by Gasteiger charge is 2.22. The van der Waals surface area contributed by atoms with Crippen molar-refractivity contribution in [1.82, 2.24) is 5.43 Å². The number of nitrogen functional groups attached to an aromatic ring is 1. The number of anilines is 1. The van der Waals surface area contributed by atoms with E-state index in [0.29, 0.717) is 23.4 Å². The fraction of sp³-hybridized carbons (Fsp3) is 0.263.